The number of sulfone groups is 1. The van der Waals surface area contributed by atoms with E-state index in [0.29, 0.717) is 36.4 Å². The Kier molecular flexibility index (Phi) is 8.61. The van der Waals surface area contributed by atoms with Gasteiger partial charge in [0.15, 0.2) is 0 Å². The zero-order chi connectivity index (χ0) is 31.9. The summed E-state index contributed by atoms with van der Waals surface area (Å²) in [5.74, 6) is -0.933. The minimum absolute atomic E-state index is 0.0394. The Morgan fingerprint density at radius 2 is 1.89 bits per heavy atom. The summed E-state index contributed by atoms with van der Waals surface area (Å²) >= 11 is 0. The van der Waals surface area contributed by atoms with Gasteiger partial charge in [0.25, 0.3) is 0 Å². The van der Waals surface area contributed by atoms with E-state index in [1.165, 1.54) is 25.5 Å². The Labute approximate surface area is 260 Å². The van der Waals surface area contributed by atoms with E-state index in [1.54, 1.807) is 35.2 Å². The molecule has 0 bridgehead atoms. The second-order valence-corrected chi connectivity index (χ2v) is 14.2. The van der Waals surface area contributed by atoms with Crippen molar-refractivity contribution in [1.29, 1.82) is 0 Å². The van der Waals surface area contributed by atoms with Gasteiger partial charge < -0.3 is 24.8 Å². The third kappa shape index (κ3) is 6.29. The highest BCUT2D eigenvalue weighted by Gasteiger charge is 2.42. The lowest BCUT2D eigenvalue weighted by molar-refractivity contribution is -0.202. The molecule has 0 spiro atoms. The van der Waals surface area contributed by atoms with Crippen LogP contribution in [0.5, 0.6) is 0 Å². The number of aromatic nitrogens is 4. The highest BCUT2D eigenvalue weighted by atomic mass is 32.2. The Balaban J connectivity index is 1.24. The van der Waals surface area contributed by atoms with E-state index in [-0.39, 0.29) is 54.9 Å². The highest BCUT2D eigenvalue weighted by Crippen LogP contribution is 2.37. The molecule has 3 atom stereocenters. The van der Waals surface area contributed by atoms with E-state index in [9.17, 15) is 8.42 Å². The van der Waals surface area contributed by atoms with Gasteiger partial charge in [-0.2, -0.15) is 5.10 Å². The van der Waals surface area contributed by atoms with Crippen LogP contribution in [0.25, 0.3) is 16.8 Å². The van der Waals surface area contributed by atoms with Crippen LogP contribution >= 0.6 is 0 Å². The molecule has 0 saturated carbocycles. The number of nitrogens with zero attached hydrogens (tertiary/aromatic N) is 5. The molecule has 240 valence electrons. The van der Waals surface area contributed by atoms with Crippen LogP contribution in [0.15, 0.2) is 48.9 Å². The average Bonchev–Trinajstić information content (AvgIpc) is 3.35. The molecule has 0 aliphatic carbocycles. The van der Waals surface area contributed by atoms with Crippen LogP contribution in [0, 0.1) is 17.6 Å². The summed E-state index contributed by atoms with van der Waals surface area (Å²) in [4.78, 5) is 11.1. The number of anilines is 1. The molecule has 2 aliphatic heterocycles. The molecular formula is C31H36F2N6O5S. The van der Waals surface area contributed by atoms with Crippen LogP contribution in [0.3, 0.4) is 0 Å². The molecule has 0 unspecified atom stereocenters. The number of imidazole rings is 1. The van der Waals surface area contributed by atoms with Gasteiger partial charge in [-0.05, 0) is 35.9 Å². The number of hydrogen-bond donors (Lipinski definition) is 1. The number of methoxy groups -OCH3 is 1. The monoisotopic (exact) mass is 642 g/mol. The molecule has 3 aromatic heterocycles. The van der Waals surface area contributed by atoms with Crippen molar-refractivity contribution in [3.63, 3.8) is 0 Å². The maximum absolute atomic E-state index is 15.4. The van der Waals surface area contributed by atoms with Crippen LogP contribution in [0.4, 0.5) is 14.5 Å². The second kappa shape index (κ2) is 12.3. The molecule has 0 radical (unpaired) electrons. The Bertz CT molecular complexity index is 1770. The van der Waals surface area contributed by atoms with E-state index in [2.05, 4.69) is 20.0 Å². The number of fused-ring (bicyclic) bond motifs is 1. The van der Waals surface area contributed by atoms with Crippen LogP contribution < -0.4 is 10.6 Å². The van der Waals surface area contributed by atoms with E-state index < -0.39 is 27.1 Å². The predicted octanol–water partition coefficient (Wildman–Crippen LogP) is 2.75. The second-order valence-electron chi connectivity index (χ2n) is 11.9. The first-order valence-corrected chi connectivity index (χ1v) is 16.7. The zero-order valence-corrected chi connectivity index (χ0v) is 26.1. The van der Waals surface area contributed by atoms with E-state index in [0.717, 1.165) is 11.3 Å². The normalized spacial score (nSPS) is 21.6. The van der Waals surface area contributed by atoms with Crippen molar-refractivity contribution in [2.75, 3.05) is 56.9 Å². The third-order valence-electron chi connectivity index (χ3n) is 8.59. The molecule has 2 N–H and O–H groups in total. The highest BCUT2D eigenvalue weighted by molar-refractivity contribution is 7.90. The van der Waals surface area contributed by atoms with Crippen molar-refractivity contribution in [3.05, 3.63) is 77.5 Å². The number of hydrogen-bond acceptors (Lipinski definition) is 10. The van der Waals surface area contributed by atoms with Gasteiger partial charge >= 0.3 is 0 Å². The molecule has 1 aromatic carbocycles. The van der Waals surface area contributed by atoms with Crippen molar-refractivity contribution in [2.45, 2.75) is 31.1 Å². The fourth-order valence-electron chi connectivity index (χ4n) is 6.12. The number of rotatable bonds is 10. The summed E-state index contributed by atoms with van der Waals surface area (Å²) in [5.41, 5.74) is 8.40. The topological polar surface area (TPSA) is 134 Å². The molecule has 2 aliphatic rings. The smallest absolute Gasteiger partial charge is 0.149 e. The van der Waals surface area contributed by atoms with Gasteiger partial charge in [-0.3, -0.25) is 4.98 Å². The maximum Gasteiger partial charge on any atom is 0.149 e. The molecular weight excluding hydrogens is 606 g/mol. The zero-order valence-electron chi connectivity index (χ0n) is 25.3. The number of pyridine rings is 1. The van der Waals surface area contributed by atoms with Crippen molar-refractivity contribution in [3.8, 4) is 11.3 Å². The fourth-order valence-corrected chi connectivity index (χ4v) is 6.52. The SMILES string of the molecule is COC1(c2cc(F)c(-c3ccc4cnc(Cc5cnccc5N5C[C@@H](N)[C@@H](OCCS(C)(=O)=O)[C@@H](C)C5)n4n3)c(F)c2)COC1. The molecule has 11 nitrogen and oxygen atoms in total. The molecule has 6 rings (SSSR count). The summed E-state index contributed by atoms with van der Waals surface area (Å²) in [6.07, 6.45) is 6.39. The van der Waals surface area contributed by atoms with Gasteiger partial charge in [-0.25, -0.2) is 26.7 Å². The standard InChI is InChI=1S/C31H36F2N6O5S/c1-19-15-38(16-25(34)30(19)44-8-9-45(3,40)41)27-6-7-35-13-20(27)10-28-36-14-22-4-5-26(37-39(22)28)29-23(32)11-21(12-24(29)33)31(42-2)17-43-18-31/h4-7,11-14,19,25,30H,8-10,15-18,34H2,1-3H3/t19-,25+,30-/m0/s1. The van der Waals surface area contributed by atoms with Gasteiger partial charge in [0.05, 0.1) is 54.6 Å². The molecule has 14 heteroatoms. The van der Waals surface area contributed by atoms with E-state index in [1.807, 2.05) is 13.0 Å². The molecule has 2 fully saturated rings. The summed E-state index contributed by atoms with van der Waals surface area (Å²) in [6.45, 7) is 3.73. The van der Waals surface area contributed by atoms with Gasteiger partial charge in [-0.1, -0.05) is 6.92 Å². The van der Waals surface area contributed by atoms with Crippen LogP contribution in [0.1, 0.15) is 23.9 Å². The molecule has 0 amide bonds. The first-order chi connectivity index (χ1) is 21.5. The first kappa shape index (κ1) is 31.4. The molecule has 5 heterocycles. The Hall–Kier alpha value is -3.56. The first-order valence-electron chi connectivity index (χ1n) is 14.7. The number of benzene rings is 1. The summed E-state index contributed by atoms with van der Waals surface area (Å²) in [6, 6.07) is 7.43. The number of piperidine rings is 1. The van der Waals surface area contributed by atoms with Gasteiger partial charge in [0, 0.05) is 68.5 Å². The number of nitrogens with two attached hydrogens (primary N) is 1. The van der Waals surface area contributed by atoms with Crippen LogP contribution in [-0.2, 0) is 36.1 Å². The van der Waals surface area contributed by atoms with E-state index in [4.69, 9.17) is 19.9 Å². The lowest BCUT2D eigenvalue weighted by Gasteiger charge is -2.42. The molecule has 4 aromatic rings. The number of ether oxygens (including phenoxy) is 3. The van der Waals surface area contributed by atoms with Crippen LogP contribution in [-0.4, -0.2) is 92.2 Å². The van der Waals surface area contributed by atoms with Gasteiger partial charge in [0.2, 0.25) is 0 Å². The summed E-state index contributed by atoms with van der Waals surface area (Å²) in [5, 5.41) is 4.60. The predicted molar refractivity (Wildman–Crippen MR) is 164 cm³/mol. The molecule has 45 heavy (non-hydrogen) atoms. The van der Waals surface area contributed by atoms with Crippen molar-refractivity contribution in [2.24, 2.45) is 11.7 Å². The lowest BCUT2D eigenvalue weighted by atomic mass is 9.90. The fraction of sp³-hybridized carbons (Fsp3) is 0.452. The maximum atomic E-state index is 15.4. The molecule has 2 saturated heterocycles. The Morgan fingerprint density at radius 1 is 1.13 bits per heavy atom. The van der Waals surface area contributed by atoms with Crippen molar-refractivity contribution < 1.29 is 31.4 Å². The number of halogens is 2. The van der Waals surface area contributed by atoms with Crippen LogP contribution in [0.2, 0.25) is 0 Å². The minimum Gasteiger partial charge on any atom is -0.375 e. The van der Waals surface area contributed by atoms with Crippen molar-refractivity contribution in [1.82, 2.24) is 19.6 Å². The lowest BCUT2D eigenvalue weighted by Crippen LogP contribution is -2.57. The van der Waals surface area contributed by atoms with Crippen molar-refractivity contribution >= 4 is 21.0 Å². The summed E-state index contributed by atoms with van der Waals surface area (Å²) in [7, 11) is -1.64. The van der Waals surface area contributed by atoms with E-state index >= 15 is 8.78 Å². The third-order valence-corrected chi connectivity index (χ3v) is 9.50. The Morgan fingerprint density at radius 3 is 2.53 bits per heavy atom. The largest absolute Gasteiger partial charge is 0.375 e. The quantitative estimate of drug-likeness (QED) is 0.275. The summed E-state index contributed by atoms with van der Waals surface area (Å²) < 4.78 is 72.1. The van der Waals surface area contributed by atoms with Gasteiger partial charge in [0.1, 0.15) is 32.9 Å². The van der Waals surface area contributed by atoms with Gasteiger partial charge in [-0.15, -0.1) is 0 Å². The average molecular weight is 643 g/mol. The minimum atomic E-state index is -3.13.